The van der Waals surface area contributed by atoms with Crippen LogP contribution in [0.1, 0.15) is 10.4 Å². The van der Waals surface area contributed by atoms with E-state index in [4.69, 9.17) is 9.47 Å². The van der Waals surface area contributed by atoms with Gasteiger partial charge in [0.2, 0.25) is 0 Å². The van der Waals surface area contributed by atoms with Crippen molar-refractivity contribution in [1.82, 2.24) is 0 Å². The van der Waals surface area contributed by atoms with Gasteiger partial charge in [0.1, 0.15) is 5.56 Å². The summed E-state index contributed by atoms with van der Waals surface area (Å²) in [7, 11) is 1.33. The molecule has 0 heterocycles. The molecular weight excluding hydrogens is 332 g/mol. The number of carbonyl (C=O) groups is 2. The molecule has 0 aliphatic heterocycles. The number of benzene rings is 2. The van der Waals surface area contributed by atoms with Gasteiger partial charge in [-0.05, 0) is 18.2 Å². The molecule has 9 nitrogen and oxygen atoms in total. The van der Waals surface area contributed by atoms with Crippen molar-refractivity contribution in [1.29, 1.82) is 0 Å². The fourth-order valence-corrected chi connectivity index (χ4v) is 1.95. The molecule has 2 rings (SSSR count). The standard InChI is InChI=1S/C16H14N2O7/c1-24-13-7-3-6-12(15(13)20)16(21)25-9-14(19)17-10-4-2-5-11(8-10)18(22)23/h2-8,20H,9H2,1H3,(H,17,19). The van der Waals surface area contributed by atoms with Gasteiger partial charge in [0, 0.05) is 17.8 Å². The Kier molecular flexibility index (Phi) is 5.51. The van der Waals surface area contributed by atoms with Crippen molar-refractivity contribution in [2.45, 2.75) is 0 Å². The number of methoxy groups -OCH3 is 1. The van der Waals surface area contributed by atoms with Gasteiger partial charge in [0.15, 0.2) is 18.1 Å². The number of carbonyl (C=O) groups excluding carboxylic acids is 2. The molecule has 2 aromatic rings. The number of phenols is 1. The summed E-state index contributed by atoms with van der Waals surface area (Å²) in [4.78, 5) is 33.8. The number of rotatable bonds is 6. The number of esters is 1. The molecule has 0 aliphatic rings. The Labute approximate surface area is 141 Å². The normalized spacial score (nSPS) is 9.96. The molecule has 0 saturated carbocycles. The van der Waals surface area contributed by atoms with E-state index < -0.39 is 29.2 Å². The summed E-state index contributed by atoms with van der Waals surface area (Å²) >= 11 is 0. The number of aromatic hydroxyl groups is 1. The van der Waals surface area contributed by atoms with Gasteiger partial charge in [-0.3, -0.25) is 14.9 Å². The van der Waals surface area contributed by atoms with E-state index in [9.17, 15) is 24.8 Å². The number of non-ortho nitro benzene ring substituents is 1. The van der Waals surface area contributed by atoms with Gasteiger partial charge in [0.25, 0.3) is 11.6 Å². The summed E-state index contributed by atoms with van der Waals surface area (Å²) in [6, 6.07) is 9.58. The number of anilines is 1. The summed E-state index contributed by atoms with van der Waals surface area (Å²) < 4.78 is 9.70. The Balaban J connectivity index is 1.97. The fraction of sp³-hybridized carbons (Fsp3) is 0.125. The lowest BCUT2D eigenvalue weighted by atomic mass is 10.2. The second-order valence-corrected chi connectivity index (χ2v) is 4.79. The zero-order chi connectivity index (χ0) is 18.4. The summed E-state index contributed by atoms with van der Waals surface area (Å²) in [5.41, 5.74) is -0.141. The highest BCUT2D eigenvalue weighted by atomic mass is 16.6. The minimum atomic E-state index is -0.911. The average molecular weight is 346 g/mol. The third-order valence-corrected chi connectivity index (χ3v) is 3.11. The van der Waals surface area contributed by atoms with Gasteiger partial charge in [-0.1, -0.05) is 12.1 Å². The highest BCUT2D eigenvalue weighted by molar-refractivity contribution is 5.97. The van der Waals surface area contributed by atoms with Gasteiger partial charge in [0.05, 0.1) is 12.0 Å². The van der Waals surface area contributed by atoms with Gasteiger partial charge in [-0.2, -0.15) is 0 Å². The lowest BCUT2D eigenvalue weighted by molar-refractivity contribution is -0.384. The predicted molar refractivity (Wildman–Crippen MR) is 86.7 cm³/mol. The van der Waals surface area contributed by atoms with Crippen LogP contribution in [-0.4, -0.2) is 35.6 Å². The molecule has 0 saturated heterocycles. The van der Waals surface area contributed by atoms with Gasteiger partial charge in [-0.15, -0.1) is 0 Å². The van der Waals surface area contributed by atoms with E-state index in [-0.39, 0.29) is 22.7 Å². The number of phenolic OH excluding ortho intramolecular Hbond substituents is 1. The molecule has 0 aliphatic carbocycles. The molecule has 130 valence electrons. The van der Waals surface area contributed by atoms with E-state index in [1.165, 1.54) is 49.6 Å². The van der Waals surface area contributed by atoms with Gasteiger partial charge < -0.3 is 19.9 Å². The number of hydrogen-bond acceptors (Lipinski definition) is 7. The van der Waals surface area contributed by atoms with Crippen LogP contribution >= 0.6 is 0 Å². The minimum absolute atomic E-state index is 0.0931. The maximum atomic E-state index is 11.9. The number of nitro groups is 1. The smallest absolute Gasteiger partial charge is 0.342 e. The quantitative estimate of drug-likeness (QED) is 0.465. The van der Waals surface area contributed by atoms with Crippen LogP contribution in [0.3, 0.4) is 0 Å². The van der Waals surface area contributed by atoms with Crippen molar-refractivity contribution >= 4 is 23.3 Å². The Bertz CT molecular complexity index is 820. The third-order valence-electron chi connectivity index (χ3n) is 3.11. The van der Waals surface area contributed by atoms with E-state index >= 15 is 0 Å². The monoisotopic (exact) mass is 346 g/mol. The zero-order valence-corrected chi connectivity index (χ0v) is 13.1. The van der Waals surface area contributed by atoms with Crippen LogP contribution in [0.2, 0.25) is 0 Å². The second kappa shape index (κ2) is 7.77. The van der Waals surface area contributed by atoms with Crippen LogP contribution in [0.25, 0.3) is 0 Å². The Morgan fingerprint density at radius 1 is 1.24 bits per heavy atom. The van der Waals surface area contributed by atoms with E-state index in [0.717, 1.165) is 0 Å². The highest BCUT2D eigenvalue weighted by Gasteiger charge is 2.17. The van der Waals surface area contributed by atoms with Crippen LogP contribution in [-0.2, 0) is 9.53 Å². The number of ether oxygens (including phenoxy) is 2. The molecule has 2 aromatic carbocycles. The number of para-hydroxylation sites is 1. The average Bonchev–Trinajstić information content (AvgIpc) is 2.60. The van der Waals surface area contributed by atoms with E-state index in [1.54, 1.807) is 0 Å². The topological polar surface area (TPSA) is 128 Å². The van der Waals surface area contributed by atoms with E-state index in [1.807, 2.05) is 0 Å². The van der Waals surface area contributed by atoms with Gasteiger partial charge in [-0.25, -0.2) is 4.79 Å². The molecular formula is C16H14N2O7. The second-order valence-electron chi connectivity index (χ2n) is 4.79. The number of nitrogens with one attached hydrogen (secondary N) is 1. The molecule has 2 N–H and O–H groups in total. The van der Waals surface area contributed by atoms with Crippen molar-refractivity contribution in [3.05, 3.63) is 58.1 Å². The first-order valence-electron chi connectivity index (χ1n) is 6.99. The van der Waals surface area contributed by atoms with Crippen LogP contribution in [0.5, 0.6) is 11.5 Å². The summed E-state index contributed by atoms with van der Waals surface area (Å²) in [5, 5.41) is 22.9. The highest BCUT2D eigenvalue weighted by Crippen LogP contribution is 2.29. The summed E-state index contributed by atoms with van der Waals surface area (Å²) in [6.45, 7) is -0.627. The molecule has 1 amide bonds. The summed E-state index contributed by atoms with van der Waals surface area (Å²) in [5.74, 6) is -1.90. The first-order valence-corrected chi connectivity index (χ1v) is 6.99. The molecule has 9 heteroatoms. The van der Waals surface area contributed by atoms with E-state index in [2.05, 4.69) is 5.32 Å². The summed E-state index contributed by atoms with van der Waals surface area (Å²) in [6.07, 6.45) is 0. The molecule has 0 aromatic heterocycles. The molecule has 25 heavy (non-hydrogen) atoms. The molecule has 0 unspecified atom stereocenters. The molecule has 0 atom stereocenters. The molecule has 0 radical (unpaired) electrons. The number of nitro benzene ring substituents is 1. The first kappa shape index (κ1) is 17.7. The third kappa shape index (κ3) is 4.44. The zero-order valence-electron chi connectivity index (χ0n) is 13.1. The van der Waals surface area contributed by atoms with Crippen molar-refractivity contribution in [3.8, 4) is 11.5 Å². The number of hydrogen-bond donors (Lipinski definition) is 2. The number of nitrogens with zero attached hydrogens (tertiary/aromatic N) is 1. The van der Waals surface area contributed by atoms with Crippen molar-refractivity contribution in [3.63, 3.8) is 0 Å². The molecule has 0 spiro atoms. The fourth-order valence-electron chi connectivity index (χ4n) is 1.95. The number of amides is 1. The van der Waals surface area contributed by atoms with Crippen molar-refractivity contribution in [2.24, 2.45) is 0 Å². The maximum Gasteiger partial charge on any atom is 0.342 e. The molecule has 0 fully saturated rings. The van der Waals surface area contributed by atoms with Crippen LogP contribution in [0.15, 0.2) is 42.5 Å². The SMILES string of the molecule is COc1cccc(C(=O)OCC(=O)Nc2cccc([N+](=O)[O-])c2)c1O. The lowest BCUT2D eigenvalue weighted by Gasteiger charge is -2.09. The Morgan fingerprint density at radius 3 is 2.64 bits per heavy atom. The van der Waals surface area contributed by atoms with Crippen LogP contribution in [0, 0.1) is 10.1 Å². The van der Waals surface area contributed by atoms with Crippen LogP contribution in [0.4, 0.5) is 11.4 Å². The lowest BCUT2D eigenvalue weighted by Crippen LogP contribution is -2.21. The maximum absolute atomic E-state index is 11.9. The molecule has 0 bridgehead atoms. The van der Waals surface area contributed by atoms with Crippen LogP contribution < -0.4 is 10.1 Å². The van der Waals surface area contributed by atoms with Crippen molar-refractivity contribution in [2.75, 3.05) is 19.0 Å². The van der Waals surface area contributed by atoms with Gasteiger partial charge >= 0.3 is 5.97 Å². The van der Waals surface area contributed by atoms with E-state index in [0.29, 0.717) is 0 Å². The largest absolute Gasteiger partial charge is 0.504 e. The Hall–Kier alpha value is -3.62. The first-order chi connectivity index (χ1) is 11.9. The Morgan fingerprint density at radius 2 is 1.96 bits per heavy atom. The predicted octanol–water partition coefficient (Wildman–Crippen LogP) is 2.10. The minimum Gasteiger partial charge on any atom is -0.504 e. The van der Waals surface area contributed by atoms with Crippen molar-refractivity contribution < 1.29 is 29.1 Å².